The van der Waals surface area contributed by atoms with E-state index in [1.165, 1.54) is 0 Å². The lowest BCUT2D eigenvalue weighted by Crippen LogP contribution is -2.44. The van der Waals surface area contributed by atoms with Gasteiger partial charge in [0.25, 0.3) is 5.89 Å². The Balaban J connectivity index is 2.00. The fourth-order valence-corrected chi connectivity index (χ4v) is 2.50. The summed E-state index contributed by atoms with van der Waals surface area (Å²) in [5, 5.41) is 4.03. The van der Waals surface area contributed by atoms with Gasteiger partial charge in [-0.3, -0.25) is 0 Å². The first-order valence-corrected chi connectivity index (χ1v) is 6.77. The number of hydrogen-bond donors (Lipinski definition) is 1. The molecule has 1 saturated carbocycles. The van der Waals surface area contributed by atoms with Crippen LogP contribution in [0.25, 0.3) is 11.5 Å². The Morgan fingerprint density at radius 1 is 1.39 bits per heavy atom. The van der Waals surface area contributed by atoms with E-state index in [-0.39, 0.29) is 5.54 Å². The average Bonchev–Trinajstić information content (AvgIpc) is 2.79. The van der Waals surface area contributed by atoms with Crippen LogP contribution >= 0.6 is 15.9 Å². The summed E-state index contributed by atoms with van der Waals surface area (Å²) in [5.41, 5.74) is 7.87. The molecule has 1 heterocycles. The highest BCUT2D eigenvalue weighted by Crippen LogP contribution is 2.38. The summed E-state index contributed by atoms with van der Waals surface area (Å²) >= 11 is 3.45. The van der Waals surface area contributed by atoms with Crippen molar-refractivity contribution in [1.82, 2.24) is 10.1 Å². The molecule has 0 bridgehead atoms. The van der Waals surface area contributed by atoms with Crippen molar-refractivity contribution in [3.63, 3.8) is 0 Å². The van der Waals surface area contributed by atoms with Gasteiger partial charge in [0.15, 0.2) is 5.82 Å². The molecule has 18 heavy (non-hydrogen) atoms. The summed E-state index contributed by atoms with van der Waals surface area (Å²) in [6.45, 7) is 2.02. The van der Waals surface area contributed by atoms with Gasteiger partial charge in [-0.25, -0.2) is 0 Å². The van der Waals surface area contributed by atoms with Crippen LogP contribution in [0.5, 0.6) is 0 Å². The molecule has 1 aliphatic rings. The fraction of sp³-hybridized carbons (Fsp3) is 0.385. The number of nitrogens with zero attached hydrogens (tertiary/aromatic N) is 2. The van der Waals surface area contributed by atoms with Crippen LogP contribution in [0.1, 0.15) is 30.7 Å². The van der Waals surface area contributed by atoms with Gasteiger partial charge in [-0.05, 0) is 43.9 Å². The minimum Gasteiger partial charge on any atom is -0.334 e. The zero-order valence-electron chi connectivity index (χ0n) is 10.1. The molecule has 0 saturated heterocycles. The lowest BCUT2D eigenvalue weighted by molar-refractivity contribution is 0.229. The number of aryl methyl sites for hydroxylation is 1. The van der Waals surface area contributed by atoms with E-state index < -0.39 is 0 Å². The molecule has 5 heteroatoms. The molecule has 3 rings (SSSR count). The monoisotopic (exact) mass is 307 g/mol. The maximum absolute atomic E-state index is 6.19. The second-order valence-corrected chi connectivity index (χ2v) is 5.81. The van der Waals surface area contributed by atoms with E-state index in [4.69, 9.17) is 10.3 Å². The van der Waals surface area contributed by atoms with Crippen LogP contribution in [-0.4, -0.2) is 10.1 Å². The summed E-state index contributed by atoms with van der Waals surface area (Å²) in [4.78, 5) is 4.45. The quantitative estimate of drug-likeness (QED) is 0.925. The Morgan fingerprint density at radius 2 is 2.17 bits per heavy atom. The first-order chi connectivity index (χ1) is 8.58. The number of rotatable bonds is 2. The Hall–Kier alpha value is -1.20. The van der Waals surface area contributed by atoms with Crippen molar-refractivity contribution in [2.45, 2.75) is 31.7 Å². The summed E-state index contributed by atoms with van der Waals surface area (Å²) in [5.74, 6) is 1.17. The van der Waals surface area contributed by atoms with Gasteiger partial charge in [-0.1, -0.05) is 27.2 Å². The van der Waals surface area contributed by atoms with Crippen LogP contribution in [0.15, 0.2) is 27.2 Å². The number of nitrogens with two attached hydrogens (primary N) is 1. The molecule has 94 valence electrons. The van der Waals surface area contributed by atoms with Crippen molar-refractivity contribution in [1.29, 1.82) is 0 Å². The van der Waals surface area contributed by atoms with Crippen molar-refractivity contribution in [3.05, 3.63) is 34.1 Å². The Morgan fingerprint density at radius 3 is 2.83 bits per heavy atom. The normalized spacial score (nSPS) is 17.5. The summed E-state index contributed by atoms with van der Waals surface area (Å²) < 4.78 is 6.34. The molecular weight excluding hydrogens is 294 g/mol. The summed E-state index contributed by atoms with van der Waals surface area (Å²) in [6.07, 6.45) is 3.00. The summed E-state index contributed by atoms with van der Waals surface area (Å²) in [7, 11) is 0. The van der Waals surface area contributed by atoms with Gasteiger partial charge in [0.2, 0.25) is 0 Å². The molecular formula is C13H14BrN3O. The van der Waals surface area contributed by atoms with E-state index in [1.807, 2.05) is 25.1 Å². The zero-order chi connectivity index (χ0) is 12.8. The van der Waals surface area contributed by atoms with Crippen LogP contribution in [0.2, 0.25) is 0 Å². The summed E-state index contributed by atoms with van der Waals surface area (Å²) in [6, 6.07) is 5.99. The largest absolute Gasteiger partial charge is 0.334 e. The van der Waals surface area contributed by atoms with Crippen molar-refractivity contribution in [2.75, 3.05) is 0 Å². The number of halogens is 1. The second kappa shape index (κ2) is 4.17. The Bertz CT molecular complexity index is 590. The lowest BCUT2D eigenvalue weighted by Gasteiger charge is -2.34. The van der Waals surface area contributed by atoms with Gasteiger partial charge in [0.05, 0.1) is 5.54 Å². The minimum absolute atomic E-state index is 0.373. The highest BCUT2D eigenvalue weighted by molar-refractivity contribution is 9.10. The zero-order valence-corrected chi connectivity index (χ0v) is 11.7. The second-order valence-electron chi connectivity index (χ2n) is 4.89. The van der Waals surface area contributed by atoms with Crippen molar-refractivity contribution in [2.24, 2.45) is 5.73 Å². The maximum Gasteiger partial charge on any atom is 0.258 e. The molecule has 2 aromatic rings. The Kier molecular flexibility index (Phi) is 2.75. The van der Waals surface area contributed by atoms with Gasteiger partial charge < -0.3 is 10.3 Å². The molecule has 2 N–H and O–H groups in total. The van der Waals surface area contributed by atoms with Gasteiger partial charge in [0, 0.05) is 10.0 Å². The van der Waals surface area contributed by atoms with Gasteiger partial charge in [0.1, 0.15) is 0 Å². The van der Waals surface area contributed by atoms with E-state index in [1.54, 1.807) is 0 Å². The van der Waals surface area contributed by atoms with E-state index in [0.29, 0.717) is 11.7 Å². The van der Waals surface area contributed by atoms with Gasteiger partial charge in [-0.2, -0.15) is 4.98 Å². The highest BCUT2D eigenvalue weighted by Gasteiger charge is 2.39. The van der Waals surface area contributed by atoms with Crippen LogP contribution < -0.4 is 5.73 Å². The van der Waals surface area contributed by atoms with Crippen LogP contribution in [0, 0.1) is 6.92 Å². The van der Waals surface area contributed by atoms with Crippen molar-refractivity contribution >= 4 is 15.9 Å². The topological polar surface area (TPSA) is 64.9 Å². The molecule has 1 aromatic heterocycles. The van der Waals surface area contributed by atoms with E-state index in [2.05, 4.69) is 26.1 Å². The molecule has 1 aromatic carbocycles. The molecule has 4 nitrogen and oxygen atoms in total. The molecule has 0 aliphatic heterocycles. The first kappa shape index (κ1) is 11.9. The molecule has 0 radical (unpaired) electrons. The van der Waals surface area contributed by atoms with Gasteiger partial charge in [-0.15, -0.1) is 0 Å². The standard InChI is InChI=1S/C13H14BrN3O/c1-8-3-4-9(14)7-10(8)11-16-12(17-18-11)13(15)5-2-6-13/h3-4,7H,2,5-6,15H2,1H3. The number of hydrogen-bond acceptors (Lipinski definition) is 4. The van der Waals surface area contributed by atoms with E-state index >= 15 is 0 Å². The molecule has 1 aliphatic carbocycles. The predicted octanol–water partition coefficient (Wildman–Crippen LogP) is 3.15. The highest BCUT2D eigenvalue weighted by atomic mass is 79.9. The molecule has 1 fully saturated rings. The minimum atomic E-state index is -0.373. The van der Waals surface area contributed by atoms with E-state index in [9.17, 15) is 0 Å². The molecule has 0 spiro atoms. The predicted molar refractivity (Wildman–Crippen MR) is 71.9 cm³/mol. The molecule has 0 unspecified atom stereocenters. The smallest absolute Gasteiger partial charge is 0.258 e. The van der Waals surface area contributed by atoms with Crippen LogP contribution in [0.3, 0.4) is 0 Å². The SMILES string of the molecule is Cc1ccc(Br)cc1-c1nc(C2(N)CCC2)no1. The van der Waals surface area contributed by atoms with E-state index in [0.717, 1.165) is 34.9 Å². The number of aromatic nitrogens is 2. The fourth-order valence-electron chi connectivity index (χ4n) is 2.14. The van der Waals surface area contributed by atoms with Crippen molar-refractivity contribution < 1.29 is 4.52 Å². The first-order valence-electron chi connectivity index (χ1n) is 5.98. The van der Waals surface area contributed by atoms with Crippen LogP contribution in [-0.2, 0) is 5.54 Å². The Labute approximate surface area is 114 Å². The molecule has 0 amide bonds. The maximum atomic E-state index is 6.19. The van der Waals surface area contributed by atoms with Crippen LogP contribution in [0.4, 0.5) is 0 Å². The van der Waals surface area contributed by atoms with Crippen molar-refractivity contribution in [3.8, 4) is 11.5 Å². The third-order valence-corrected chi connectivity index (χ3v) is 4.04. The number of benzene rings is 1. The average molecular weight is 308 g/mol. The lowest BCUT2D eigenvalue weighted by atomic mass is 9.77. The van der Waals surface area contributed by atoms with Gasteiger partial charge >= 0.3 is 0 Å². The third-order valence-electron chi connectivity index (χ3n) is 3.55. The third kappa shape index (κ3) is 1.87. The molecule has 0 atom stereocenters.